The summed E-state index contributed by atoms with van der Waals surface area (Å²) in [5.41, 5.74) is 0.277. The highest BCUT2D eigenvalue weighted by Crippen LogP contribution is 2.68. The van der Waals surface area contributed by atoms with Crippen LogP contribution in [0.25, 0.3) is 0 Å². The molecule has 2 fully saturated rings. The van der Waals surface area contributed by atoms with Crippen LogP contribution in [0.15, 0.2) is 0 Å². The number of rotatable bonds is 1. The zero-order valence-electron chi connectivity index (χ0n) is 8.63. The zero-order valence-corrected chi connectivity index (χ0v) is 8.63. The van der Waals surface area contributed by atoms with Gasteiger partial charge in [-0.3, -0.25) is 4.79 Å². The summed E-state index contributed by atoms with van der Waals surface area (Å²) in [5.74, 6) is -0.0439. The van der Waals surface area contributed by atoms with Crippen molar-refractivity contribution in [2.75, 3.05) is 0 Å². The highest BCUT2D eigenvalue weighted by Gasteiger charge is 2.63. The number of carboxylic acid groups (broad SMARTS) is 1. The molecule has 0 aromatic rings. The Morgan fingerprint density at radius 1 is 1.38 bits per heavy atom. The number of hydrogen-bond donors (Lipinski definition) is 1. The molecule has 2 aliphatic rings. The molecule has 2 bridgehead atoms. The van der Waals surface area contributed by atoms with Crippen molar-refractivity contribution in [3.63, 3.8) is 0 Å². The number of carbonyl (C=O) groups is 1. The molecule has 2 unspecified atom stereocenters. The first-order chi connectivity index (χ1) is 5.89. The van der Waals surface area contributed by atoms with E-state index in [1.165, 1.54) is 6.42 Å². The molecule has 2 nitrogen and oxygen atoms in total. The molecule has 0 aromatic heterocycles. The van der Waals surface area contributed by atoms with Gasteiger partial charge >= 0.3 is 5.97 Å². The Labute approximate surface area is 79.3 Å². The van der Waals surface area contributed by atoms with Gasteiger partial charge in [0.2, 0.25) is 0 Å². The third-order valence-electron chi connectivity index (χ3n) is 5.09. The van der Waals surface area contributed by atoms with Gasteiger partial charge in [-0.05, 0) is 36.0 Å². The molecule has 2 saturated carbocycles. The fraction of sp³-hybridized carbons (Fsp3) is 0.909. The maximum atomic E-state index is 11.1. The lowest BCUT2D eigenvalue weighted by atomic mass is 9.67. The second-order valence-corrected chi connectivity index (χ2v) is 5.50. The molecule has 0 saturated heterocycles. The van der Waals surface area contributed by atoms with Crippen LogP contribution in [0.4, 0.5) is 0 Å². The van der Waals surface area contributed by atoms with Crippen LogP contribution in [0.3, 0.4) is 0 Å². The topological polar surface area (TPSA) is 37.3 Å². The van der Waals surface area contributed by atoms with Gasteiger partial charge in [-0.15, -0.1) is 0 Å². The van der Waals surface area contributed by atoms with Gasteiger partial charge in [0.05, 0.1) is 5.92 Å². The summed E-state index contributed by atoms with van der Waals surface area (Å²) < 4.78 is 0. The molecule has 0 amide bonds. The predicted octanol–water partition coefficient (Wildman–Crippen LogP) is 2.53. The molecule has 0 spiro atoms. The Hall–Kier alpha value is -0.530. The SMILES string of the molecule is CC1(C)C2CC[C@@]1(C)C(C(=O)O)C2. The maximum Gasteiger partial charge on any atom is 0.307 e. The second-order valence-electron chi connectivity index (χ2n) is 5.50. The lowest BCUT2D eigenvalue weighted by molar-refractivity contribution is -0.147. The summed E-state index contributed by atoms with van der Waals surface area (Å²) in [6.07, 6.45) is 3.23. The molecular weight excluding hydrogens is 164 g/mol. The second kappa shape index (κ2) is 2.28. The quantitative estimate of drug-likeness (QED) is 0.676. The van der Waals surface area contributed by atoms with E-state index in [1.807, 2.05) is 0 Å². The molecule has 0 aromatic carbocycles. The van der Waals surface area contributed by atoms with Gasteiger partial charge in [0, 0.05) is 0 Å². The van der Waals surface area contributed by atoms with Crippen LogP contribution in [0, 0.1) is 22.7 Å². The van der Waals surface area contributed by atoms with E-state index in [-0.39, 0.29) is 16.7 Å². The normalized spacial score (nSPS) is 46.7. The standard InChI is InChI=1S/C11H18O2/c1-10(2)7-4-5-11(10,3)8(6-7)9(12)13/h7-8H,4-6H2,1-3H3,(H,12,13)/t7?,8?,11-/m0/s1. The molecule has 13 heavy (non-hydrogen) atoms. The lowest BCUT2D eigenvalue weighted by Gasteiger charge is -2.37. The summed E-state index contributed by atoms with van der Waals surface area (Å²) in [4.78, 5) is 11.1. The van der Waals surface area contributed by atoms with E-state index >= 15 is 0 Å². The molecule has 1 N–H and O–H groups in total. The van der Waals surface area contributed by atoms with Gasteiger partial charge in [-0.25, -0.2) is 0 Å². The molecule has 2 rings (SSSR count). The van der Waals surface area contributed by atoms with Crippen LogP contribution in [0.5, 0.6) is 0 Å². The van der Waals surface area contributed by atoms with E-state index in [9.17, 15) is 4.79 Å². The molecule has 74 valence electrons. The third-order valence-corrected chi connectivity index (χ3v) is 5.09. The Balaban J connectivity index is 2.38. The summed E-state index contributed by atoms with van der Waals surface area (Å²) in [6.45, 7) is 6.65. The van der Waals surface area contributed by atoms with Gasteiger partial charge in [0.25, 0.3) is 0 Å². The molecule has 3 atom stereocenters. The van der Waals surface area contributed by atoms with Crippen molar-refractivity contribution in [2.45, 2.75) is 40.0 Å². The van der Waals surface area contributed by atoms with Crippen LogP contribution in [0.1, 0.15) is 40.0 Å². The van der Waals surface area contributed by atoms with Gasteiger partial charge in [0.1, 0.15) is 0 Å². The fourth-order valence-electron chi connectivity index (χ4n) is 3.58. The van der Waals surface area contributed by atoms with Crippen molar-refractivity contribution < 1.29 is 9.90 Å². The Kier molecular flexibility index (Phi) is 1.59. The van der Waals surface area contributed by atoms with E-state index in [4.69, 9.17) is 5.11 Å². The van der Waals surface area contributed by atoms with E-state index in [2.05, 4.69) is 20.8 Å². The summed E-state index contributed by atoms with van der Waals surface area (Å²) in [5, 5.41) is 9.13. The minimum atomic E-state index is -0.585. The van der Waals surface area contributed by atoms with E-state index in [0.29, 0.717) is 5.92 Å². The monoisotopic (exact) mass is 182 g/mol. The lowest BCUT2D eigenvalue weighted by Crippen LogP contribution is -2.36. The third kappa shape index (κ3) is 0.866. The van der Waals surface area contributed by atoms with Crippen LogP contribution in [0.2, 0.25) is 0 Å². The predicted molar refractivity (Wildman–Crippen MR) is 50.4 cm³/mol. The maximum absolute atomic E-state index is 11.1. The van der Waals surface area contributed by atoms with E-state index < -0.39 is 5.97 Å². The molecule has 0 heterocycles. The first-order valence-electron chi connectivity index (χ1n) is 5.12. The highest BCUT2D eigenvalue weighted by atomic mass is 16.4. The number of aliphatic carboxylic acids is 1. The Morgan fingerprint density at radius 3 is 2.23 bits per heavy atom. The van der Waals surface area contributed by atoms with Gasteiger partial charge in [0.15, 0.2) is 0 Å². The minimum Gasteiger partial charge on any atom is -0.481 e. The first-order valence-corrected chi connectivity index (χ1v) is 5.12. The average molecular weight is 182 g/mol. The molecule has 2 aliphatic carbocycles. The van der Waals surface area contributed by atoms with Gasteiger partial charge < -0.3 is 5.11 Å². The average Bonchev–Trinajstić information content (AvgIpc) is 2.34. The van der Waals surface area contributed by atoms with Crippen LogP contribution in [-0.2, 0) is 4.79 Å². The van der Waals surface area contributed by atoms with Crippen molar-refractivity contribution in [3.05, 3.63) is 0 Å². The van der Waals surface area contributed by atoms with Crippen LogP contribution >= 0.6 is 0 Å². The van der Waals surface area contributed by atoms with Crippen molar-refractivity contribution in [3.8, 4) is 0 Å². The largest absolute Gasteiger partial charge is 0.481 e. The fourth-order valence-corrected chi connectivity index (χ4v) is 3.58. The number of hydrogen-bond acceptors (Lipinski definition) is 1. The van der Waals surface area contributed by atoms with Crippen LogP contribution in [-0.4, -0.2) is 11.1 Å². The summed E-state index contributed by atoms with van der Waals surface area (Å²) >= 11 is 0. The smallest absolute Gasteiger partial charge is 0.307 e. The first kappa shape index (κ1) is 9.04. The molecule has 0 radical (unpaired) electrons. The van der Waals surface area contributed by atoms with Crippen molar-refractivity contribution in [2.24, 2.45) is 22.7 Å². The molecule has 0 aliphatic heterocycles. The van der Waals surface area contributed by atoms with Crippen molar-refractivity contribution in [1.29, 1.82) is 0 Å². The number of carboxylic acids is 1. The van der Waals surface area contributed by atoms with E-state index in [1.54, 1.807) is 0 Å². The Bertz CT molecular complexity index is 257. The van der Waals surface area contributed by atoms with Crippen LogP contribution < -0.4 is 0 Å². The minimum absolute atomic E-state index is 0.0451. The van der Waals surface area contributed by atoms with Gasteiger partial charge in [-0.2, -0.15) is 0 Å². The van der Waals surface area contributed by atoms with Crippen molar-refractivity contribution in [1.82, 2.24) is 0 Å². The zero-order chi connectivity index (χ0) is 9.85. The summed E-state index contributed by atoms with van der Waals surface area (Å²) in [6, 6.07) is 0. The highest BCUT2D eigenvalue weighted by molar-refractivity contribution is 5.72. The molecular formula is C11H18O2. The Morgan fingerprint density at radius 2 is 2.00 bits per heavy atom. The van der Waals surface area contributed by atoms with E-state index in [0.717, 1.165) is 12.8 Å². The number of fused-ring (bicyclic) bond motifs is 2. The van der Waals surface area contributed by atoms with Crippen molar-refractivity contribution >= 4 is 5.97 Å². The van der Waals surface area contributed by atoms with Gasteiger partial charge in [-0.1, -0.05) is 20.8 Å². The summed E-state index contributed by atoms with van der Waals surface area (Å²) in [7, 11) is 0. The molecule has 2 heteroatoms.